The number of nitrogens with zero attached hydrogens (tertiary/aromatic N) is 7. The highest BCUT2D eigenvalue weighted by atomic mass is 16.8. The molecule has 0 aromatic carbocycles. The maximum absolute atomic E-state index is 16.1. The van der Waals surface area contributed by atoms with Crippen molar-refractivity contribution in [2.24, 2.45) is 46.6 Å². The number of aromatic nitrogens is 6. The molecule has 8 rings (SSSR count). The maximum Gasteiger partial charge on any atom is 0.509 e. The first-order valence-electron chi connectivity index (χ1n) is 31.1. The number of hydrogen-bond acceptors (Lipinski definition) is 27. The Bertz CT molecular complexity index is 3000. The molecule has 5 aliphatic heterocycles. The van der Waals surface area contributed by atoms with Gasteiger partial charge < -0.3 is 75.9 Å². The van der Waals surface area contributed by atoms with E-state index in [0.717, 1.165) is 13.7 Å². The minimum absolute atomic E-state index is 0.0662. The van der Waals surface area contributed by atoms with Crippen LogP contribution in [0.2, 0.25) is 0 Å². The normalized spacial score (nSPS) is 37.2. The first kappa shape index (κ1) is 70.9. The second kappa shape index (κ2) is 30.4. The van der Waals surface area contributed by atoms with E-state index in [1.54, 1.807) is 69.2 Å². The van der Waals surface area contributed by atoms with Crippen LogP contribution in [0.25, 0.3) is 0 Å². The third kappa shape index (κ3) is 16.2. The van der Waals surface area contributed by atoms with E-state index >= 15 is 9.59 Å². The Hall–Kier alpha value is -6.93. The third-order valence-electron chi connectivity index (χ3n) is 17.8. The molecule has 0 saturated carbocycles. The van der Waals surface area contributed by atoms with Crippen LogP contribution in [0.5, 0.6) is 0 Å². The van der Waals surface area contributed by atoms with Crippen molar-refractivity contribution in [3.63, 3.8) is 0 Å². The van der Waals surface area contributed by atoms with Gasteiger partial charge in [0.1, 0.15) is 56.2 Å². The molecule has 0 bridgehead atoms. The summed E-state index contributed by atoms with van der Waals surface area (Å²) in [5, 5.41) is 4.26. The van der Waals surface area contributed by atoms with Crippen molar-refractivity contribution in [1.29, 1.82) is 0 Å². The molecule has 5 aliphatic rings. The summed E-state index contributed by atoms with van der Waals surface area (Å²) < 4.78 is 98.2. The molecule has 0 spiro atoms. The number of Topliss-reactive ketones (excluding diaryl/α,β-unsaturated/α-hetero) is 1. The highest BCUT2D eigenvalue weighted by Crippen LogP contribution is 2.44. The van der Waals surface area contributed by atoms with Crippen LogP contribution in [0.15, 0.2) is 61.3 Å². The summed E-state index contributed by atoms with van der Waals surface area (Å²) in [6, 6.07) is 0. The summed E-state index contributed by atoms with van der Waals surface area (Å²) in [5.41, 5.74) is -3.13. The molecule has 0 amide bonds. The minimum Gasteiger partial charge on any atom is -0.461 e. The van der Waals surface area contributed by atoms with Crippen molar-refractivity contribution in [3.8, 4) is 0 Å². The van der Waals surface area contributed by atoms with Gasteiger partial charge >= 0.3 is 36.4 Å². The molecule has 30 nitrogen and oxygen atoms in total. The number of oxime groups is 1. The summed E-state index contributed by atoms with van der Waals surface area (Å²) in [7, 11) is 4.17. The van der Waals surface area contributed by atoms with E-state index in [2.05, 4.69) is 20.1 Å². The standard InChI is InChI=1S/C62H89N7O23/c1-31(2)23-42(70)84-46-36(7)45(33(4)27-80-55-51(78-15)50(77-14)48(39(10)83-55)88-57(73)67-20-17-63-28-67)86-54(72)38(9)47(85-43-26-62(13)53(40(11)82-43)90-60(76)92-62)35(6)44(32(3)25-61(12,52(71)37(46)8)91-59(75)69-22-19-65-30-69)87-56-49(41(66-79-16)24-34(5)81-56)89-58(74)68-21-18-64-29-68/h17-22,28-40,43-51,53,55-56H,23-27H2,1-16H3/t32-,33-,34+,35+,36-,37+,38?,39+,40-,43-,44-,45+,46+,47-,48+,49+,50+,51+,53-,55?,56-,61-,62+/m0/s1. The number of carbonyl (C=O) groups excluding carboxylic acids is 7. The van der Waals surface area contributed by atoms with Crippen LogP contribution in [-0.2, 0) is 90.3 Å². The zero-order chi connectivity index (χ0) is 67.1. The van der Waals surface area contributed by atoms with Crippen molar-refractivity contribution in [1.82, 2.24) is 28.7 Å². The van der Waals surface area contributed by atoms with Crippen LogP contribution in [0.4, 0.5) is 19.2 Å². The van der Waals surface area contributed by atoms with Gasteiger partial charge in [0.2, 0.25) is 6.29 Å². The molecule has 510 valence electrons. The molecule has 0 aliphatic carbocycles. The molecule has 5 saturated heterocycles. The predicted octanol–water partition coefficient (Wildman–Crippen LogP) is 6.91. The predicted molar refractivity (Wildman–Crippen MR) is 316 cm³/mol. The zero-order valence-electron chi connectivity index (χ0n) is 55.0. The smallest absolute Gasteiger partial charge is 0.461 e. The largest absolute Gasteiger partial charge is 0.509 e. The van der Waals surface area contributed by atoms with Crippen molar-refractivity contribution >= 4 is 47.9 Å². The number of ether oxygens (including phenoxy) is 15. The lowest BCUT2D eigenvalue weighted by molar-refractivity contribution is -0.304. The van der Waals surface area contributed by atoms with Crippen LogP contribution < -0.4 is 0 Å². The molecular formula is C62H89N7O23. The Labute approximate surface area is 534 Å². The molecule has 3 aromatic rings. The van der Waals surface area contributed by atoms with Crippen LogP contribution >= 0.6 is 0 Å². The minimum atomic E-state index is -2.11. The van der Waals surface area contributed by atoms with E-state index in [9.17, 15) is 24.0 Å². The van der Waals surface area contributed by atoms with E-state index in [1.165, 1.54) is 84.4 Å². The summed E-state index contributed by atoms with van der Waals surface area (Å²) in [5.74, 6) is -8.80. The quantitative estimate of drug-likeness (QED) is 0.0752. The molecule has 8 heterocycles. The van der Waals surface area contributed by atoms with Gasteiger partial charge in [0.15, 0.2) is 47.9 Å². The fourth-order valence-electron chi connectivity index (χ4n) is 13.2. The Morgan fingerprint density at radius 3 is 1.87 bits per heavy atom. The van der Waals surface area contributed by atoms with Gasteiger partial charge in [0.05, 0.1) is 49.0 Å². The second-order valence-electron chi connectivity index (χ2n) is 25.5. The molecule has 3 aromatic heterocycles. The van der Waals surface area contributed by atoms with Crippen molar-refractivity contribution < 1.29 is 109 Å². The molecular weight excluding hydrogens is 1210 g/mol. The summed E-state index contributed by atoms with van der Waals surface area (Å²) in [4.78, 5) is 117. The van der Waals surface area contributed by atoms with E-state index in [0.29, 0.717) is 0 Å². The number of ketones is 1. The van der Waals surface area contributed by atoms with Gasteiger partial charge in [0, 0.05) is 88.4 Å². The van der Waals surface area contributed by atoms with E-state index < -0.39 is 181 Å². The number of hydrogen-bond donors (Lipinski definition) is 0. The summed E-state index contributed by atoms with van der Waals surface area (Å²) in [6.07, 6.45) is -8.17. The Balaban J connectivity index is 1.24. The summed E-state index contributed by atoms with van der Waals surface area (Å²) >= 11 is 0. The van der Waals surface area contributed by atoms with Gasteiger partial charge in [-0.3, -0.25) is 14.4 Å². The van der Waals surface area contributed by atoms with E-state index in [-0.39, 0.29) is 43.9 Å². The van der Waals surface area contributed by atoms with Crippen LogP contribution in [0, 0.1) is 41.4 Å². The van der Waals surface area contributed by atoms with Gasteiger partial charge in [-0.25, -0.2) is 47.8 Å². The first-order valence-corrected chi connectivity index (χ1v) is 31.1. The number of carbonyl (C=O) groups is 7. The highest BCUT2D eigenvalue weighted by molar-refractivity contribution is 5.92. The van der Waals surface area contributed by atoms with Crippen LogP contribution in [0.3, 0.4) is 0 Å². The Morgan fingerprint density at radius 1 is 0.663 bits per heavy atom. The monoisotopic (exact) mass is 1300 g/mol. The Kier molecular flexibility index (Phi) is 23.5. The number of cyclic esters (lactones) is 1. The van der Waals surface area contributed by atoms with E-state index in [4.69, 9.17) is 75.9 Å². The third-order valence-corrected chi connectivity index (χ3v) is 17.8. The Morgan fingerprint density at radius 2 is 1.28 bits per heavy atom. The number of methoxy groups -OCH3 is 2. The molecule has 92 heavy (non-hydrogen) atoms. The molecule has 0 radical (unpaired) electrons. The van der Waals surface area contributed by atoms with Gasteiger partial charge in [-0.15, -0.1) is 0 Å². The van der Waals surface area contributed by atoms with Crippen molar-refractivity contribution in [2.45, 2.75) is 219 Å². The average molecular weight is 1300 g/mol. The number of rotatable bonds is 17. The van der Waals surface area contributed by atoms with Crippen molar-refractivity contribution in [3.05, 3.63) is 56.2 Å². The lowest BCUT2D eigenvalue weighted by Gasteiger charge is -2.46. The molecule has 2 unspecified atom stereocenters. The van der Waals surface area contributed by atoms with Crippen LogP contribution in [0.1, 0.15) is 116 Å². The second-order valence-corrected chi connectivity index (χ2v) is 25.5. The van der Waals surface area contributed by atoms with Gasteiger partial charge in [0.25, 0.3) is 0 Å². The number of imidazole rings is 3. The van der Waals surface area contributed by atoms with Gasteiger partial charge in [-0.2, -0.15) is 0 Å². The number of esters is 2. The lowest BCUT2D eigenvalue weighted by Crippen LogP contribution is -2.60. The SMILES string of the molecule is CON=C1C[C@@H](C)O[C@@H](O[C@@H]2[C@@H](C)[C@H](O[C@H]3C[C@@]4(C)OC(=O)O[C@H]4[C@H](C)O3)C(C)C(=O)O[C@H]([C@@H](C)COC3O[C@H](C)[C@@H](OC(=O)n4ccnc4)[C@@H](OC)[C@H]3OC)[C@H](C)[C@@H](OC(=O)CC(C)C)[C@@H](C)C(=O)[C@@](C)(OC(=O)n3ccnc3)C[C@@H]2C)[C@@H]1OC(=O)n1ccnc1. The fraction of sp³-hybridized carbons (Fsp3) is 0.726. The van der Waals surface area contributed by atoms with Crippen LogP contribution in [-0.4, -0.2) is 208 Å². The molecule has 5 fully saturated rings. The lowest BCUT2D eigenvalue weighted by atomic mass is 9.74. The first-order chi connectivity index (χ1) is 43.6. The molecule has 0 N–H and O–H groups in total. The summed E-state index contributed by atoms with van der Waals surface area (Å²) in [6.45, 7) is 21.7. The fourth-order valence-corrected chi connectivity index (χ4v) is 13.2. The number of fused-ring (bicyclic) bond motifs is 1. The highest BCUT2D eigenvalue weighted by Gasteiger charge is 2.58. The van der Waals surface area contributed by atoms with Gasteiger partial charge in [-0.1, -0.05) is 53.6 Å². The maximum atomic E-state index is 16.1. The van der Waals surface area contributed by atoms with Gasteiger partial charge in [-0.05, 0) is 59.8 Å². The topological polar surface area (TPSA) is 333 Å². The average Bonchev–Trinajstić information content (AvgIpc) is 1.46. The zero-order valence-corrected chi connectivity index (χ0v) is 55.0. The molecule has 23 atom stereocenters. The van der Waals surface area contributed by atoms with Crippen molar-refractivity contribution in [2.75, 3.05) is 27.9 Å². The molecule has 30 heteroatoms. The van der Waals surface area contributed by atoms with E-state index in [1.807, 2.05) is 13.8 Å².